The quantitative estimate of drug-likeness (QED) is 0.898. The molecule has 1 aliphatic heterocycles. The molecular formula is C13H18ClNO2. The molecule has 1 saturated heterocycles. The first-order valence-corrected chi connectivity index (χ1v) is 6.42. The third-order valence-electron chi connectivity index (χ3n) is 3.18. The zero-order chi connectivity index (χ0) is 12.5. The second kappa shape index (κ2) is 4.73. The van der Waals surface area contributed by atoms with Gasteiger partial charge in [-0.1, -0.05) is 13.8 Å². The number of carbonyl (C=O) groups excluding carboxylic acids is 1. The molecule has 1 N–H and O–H groups in total. The van der Waals surface area contributed by atoms with E-state index in [2.05, 4.69) is 19.2 Å². The van der Waals surface area contributed by atoms with Gasteiger partial charge < -0.3 is 9.73 Å². The van der Waals surface area contributed by atoms with Crippen molar-refractivity contribution in [2.24, 2.45) is 5.92 Å². The van der Waals surface area contributed by atoms with Gasteiger partial charge in [0.2, 0.25) is 5.91 Å². The molecule has 1 unspecified atom stereocenters. The zero-order valence-electron chi connectivity index (χ0n) is 10.3. The highest BCUT2D eigenvalue weighted by Gasteiger charge is 2.38. The molecule has 1 amide bonds. The molecule has 2 rings (SSSR count). The Labute approximate surface area is 107 Å². The van der Waals surface area contributed by atoms with Crippen LogP contribution in [0.5, 0.6) is 0 Å². The van der Waals surface area contributed by atoms with Gasteiger partial charge in [-0.3, -0.25) is 4.79 Å². The van der Waals surface area contributed by atoms with E-state index in [-0.39, 0.29) is 11.4 Å². The zero-order valence-corrected chi connectivity index (χ0v) is 11.0. The summed E-state index contributed by atoms with van der Waals surface area (Å²) >= 11 is 5.77. The number of hydrogen-bond donors (Lipinski definition) is 1. The lowest BCUT2D eigenvalue weighted by atomic mass is 9.84. The van der Waals surface area contributed by atoms with E-state index in [0.717, 1.165) is 25.0 Å². The molecule has 1 aromatic rings. The summed E-state index contributed by atoms with van der Waals surface area (Å²) < 4.78 is 5.40. The molecule has 0 radical (unpaired) electrons. The number of carbonyl (C=O) groups is 1. The molecule has 2 heterocycles. The molecule has 0 aliphatic carbocycles. The highest BCUT2D eigenvalue weighted by atomic mass is 35.5. The van der Waals surface area contributed by atoms with Crippen LogP contribution in [0.3, 0.4) is 0 Å². The van der Waals surface area contributed by atoms with Crippen LogP contribution in [0.1, 0.15) is 38.9 Å². The Morgan fingerprint density at radius 1 is 1.53 bits per heavy atom. The summed E-state index contributed by atoms with van der Waals surface area (Å²) in [6.07, 6.45) is 3.18. The lowest BCUT2D eigenvalue weighted by Crippen LogP contribution is -2.44. The summed E-state index contributed by atoms with van der Waals surface area (Å²) in [4.78, 5) is 11.5. The van der Waals surface area contributed by atoms with Gasteiger partial charge in [0.1, 0.15) is 5.76 Å². The van der Waals surface area contributed by atoms with Gasteiger partial charge in [-0.2, -0.15) is 0 Å². The molecule has 1 fully saturated rings. The largest absolute Gasteiger partial charge is 0.450 e. The normalized spacial score (nSPS) is 24.4. The molecule has 0 aromatic carbocycles. The average molecular weight is 256 g/mol. The van der Waals surface area contributed by atoms with Crippen molar-refractivity contribution >= 4 is 17.5 Å². The summed E-state index contributed by atoms with van der Waals surface area (Å²) in [6.45, 7) is 4.34. The number of halogens is 1. The van der Waals surface area contributed by atoms with Crippen molar-refractivity contribution in [1.29, 1.82) is 0 Å². The van der Waals surface area contributed by atoms with Crippen molar-refractivity contribution in [1.82, 2.24) is 5.32 Å². The van der Waals surface area contributed by atoms with E-state index in [1.165, 1.54) is 0 Å². The van der Waals surface area contributed by atoms with E-state index in [1.54, 1.807) is 6.07 Å². The fraction of sp³-hybridized carbons (Fsp3) is 0.615. The Morgan fingerprint density at radius 2 is 2.29 bits per heavy atom. The maximum atomic E-state index is 11.5. The van der Waals surface area contributed by atoms with Crippen molar-refractivity contribution in [2.75, 3.05) is 0 Å². The van der Waals surface area contributed by atoms with Crippen molar-refractivity contribution in [3.63, 3.8) is 0 Å². The minimum Gasteiger partial charge on any atom is -0.450 e. The van der Waals surface area contributed by atoms with Gasteiger partial charge in [0.15, 0.2) is 5.22 Å². The Balaban J connectivity index is 2.13. The van der Waals surface area contributed by atoms with Crippen LogP contribution in [0.25, 0.3) is 0 Å². The predicted molar refractivity (Wildman–Crippen MR) is 67.0 cm³/mol. The molecule has 3 nitrogen and oxygen atoms in total. The second-order valence-electron chi connectivity index (χ2n) is 5.31. The van der Waals surface area contributed by atoms with E-state index in [0.29, 0.717) is 17.6 Å². The maximum absolute atomic E-state index is 11.5. The van der Waals surface area contributed by atoms with Crippen molar-refractivity contribution in [2.45, 2.75) is 45.1 Å². The first-order chi connectivity index (χ1) is 7.99. The second-order valence-corrected chi connectivity index (χ2v) is 5.68. The SMILES string of the molecule is CC(C)CC1(Cc2ccc(Cl)o2)CCC(=O)N1. The molecule has 0 bridgehead atoms. The van der Waals surface area contributed by atoms with E-state index >= 15 is 0 Å². The van der Waals surface area contributed by atoms with Gasteiger partial charge in [0, 0.05) is 18.4 Å². The monoisotopic (exact) mass is 255 g/mol. The van der Waals surface area contributed by atoms with E-state index in [9.17, 15) is 4.79 Å². The molecule has 17 heavy (non-hydrogen) atoms. The van der Waals surface area contributed by atoms with E-state index in [4.69, 9.17) is 16.0 Å². The maximum Gasteiger partial charge on any atom is 0.220 e. The van der Waals surface area contributed by atoms with Crippen LogP contribution in [-0.4, -0.2) is 11.4 Å². The fourth-order valence-electron chi connectivity index (χ4n) is 2.69. The van der Waals surface area contributed by atoms with Gasteiger partial charge in [-0.05, 0) is 42.5 Å². The third kappa shape index (κ3) is 3.03. The number of amides is 1. The van der Waals surface area contributed by atoms with Gasteiger partial charge >= 0.3 is 0 Å². The Morgan fingerprint density at radius 3 is 2.76 bits per heavy atom. The smallest absolute Gasteiger partial charge is 0.220 e. The minimum absolute atomic E-state index is 0.142. The van der Waals surface area contributed by atoms with Gasteiger partial charge in [-0.15, -0.1) is 0 Å². The molecule has 1 aromatic heterocycles. The molecular weight excluding hydrogens is 238 g/mol. The summed E-state index contributed by atoms with van der Waals surface area (Å²) in [5, 5.41) is 3.52. The Hall–Kier alpha value is -0.960. The van der Waals surface area contributed by atoms with Crippen molar-refractivity contribution in [3.05, 3.63) is 23.1 Å². The molecule has 4 heteroatoms. The first kappa shape index (κ1) is 12.5. The Kier molecular flexibility index (Phi) is 3.48. The van der Waals surface area contributed by atoms with Crippen LogP contribution < -0.4 is 5.32 Å². The number of furan rings is 1. The highest BCUT2D eigenvalue weighted by Crippen LogP contribution is 2.32. The van der Waals surface area contributed by atoms with Gasteiger partial charge in [0.25, 0.3) is 0 Å². The van der Waals surface area contributed by atoms with Crippen LogP contribution >= 0.6 is 11.6 Å². The van der Waals surface area contributed by atoms with E-state index in [1.807, 2.05) is 6.07 Å². The predicted octanol–water partition coefficient (Wildman–Crippen LogP) is 3.17. The minimum atomic E-state index is -0.146. The van der Waals surface area contributed by atoms with Gasteiger partial charge in [-0.25, -0.2) is 0 Å². The number of rotatable bonds is 4. The van der Waals surface area contributed by atoms with Crippen LogP contribution in [0.4, 0.5) is 0 Å². The molecule has 0 saturated carbocycles. The van der Waals surface area contributed by atoms with Crippen molar-refractivity contribution in [3.8, 4) is 0 Å². The topological polar surface area (TPSA) is 42.2 Å². The summed E-state index contributed by atoms with van der Waals surface area (Å²) in [5.41, 5.74) is -0.146. The third-order valence-corrected chi connectivity index (χ3v) is 3.38. The Bertz CT molecular complexity index is 413. The fourth-order valence-corrected chi connectivity index (χ4v) is 2.86. The highest BCUT2D eigenvalue weighted by molar-refractivity contribution is 6.28. The van der Waals surface area contributed by atoms with Crippen molar-refractivity contribution < 1.29 is 9.21 Å². The molecule has 0 spiro atoms. The standard InChI is InChI=1S/C13H18ClNO2/c1-9(2)7-13(6-5-12(16)15-13)8-10-3-4-11(14)17-10/h3-4,9H,5-8H2,1-2H3,(H,15,16). The lowest BCUT2D eigenvalue weighted by molar-refractivity contribution is -0.119. The molecule has 1 aliphatic rings. The summed E-state index contributed by atoms with van der Waals surface area (Å²) in [7, 11) is 0. The summed E-state index contributed by atoms with van der Waals surface area (Å²) in [5.74, 6) is 1.53. The lowest BCUT2D eigenvalue weighted by Gasteiger charge is -2.30. The van der Waals surface area contributed by atoms with Crippen LogP contribution in [0, 0.1) is 5.92 Å². The molecule has 1 atom stereocenters. The van der Waals surface area contributed by atoms with Crippen LogP contribution in [-0.2, 0) is 11.2 Å². The number of nitrogens with one attached hydrogen (secondary N) is 1. The first-order valence-electron chi connectivity index (χ1n) is 6.04. The number of hydrogen-bond acceptors (Lipinski definition) is 2. The van der Waals surface area contributed by atoms with Crippen LogP contribution in [0.2, 0.25) is 5.22 Å². The summed E-state index contributed by atoms with van der Waals surface area (Å²) in [6, 6.07) is 3.63. The van der Waals surface area contributed by atoms with Crippen LogP contribution in [0.15, 0.2) is 16.5 Å². The van der Waals surface area contributed by atoms with E-state index < -0.39 is 0 Å². The average Bonchev–Trinajstić information content (AvgIpc) is 2.74. The molecule has 94 valence electrons. The van der Waals surface area contributed by atoms with Gasteiger partial charge in [0.05, 0.1) is 0 Å².